The molecule has 3 N–H and O–H groups in total. The van der Waals surface area contributed by atoms with Crippen molar-refractivity contribution in [3.63, 3.8) is 0 Å². The van der Waals surface area contributed by atoms with E-state index < -0.39 is 12.1 Å². The van der Waals surface area contributed by atoms with Gasteiger partial charge in [-0.15, -0.1) is 0 Å². The lowest BCUT2D eigenvalue weighted by molar-refractivity contribution is -0.123. The van der Waals surface area contributed by atoms with Crippen LogP contribution in [0.1, 0.15) is 309 Å². The standard InChI is InChI=1S/C56H109NO3/c1-3-5-7-9-11-13-15-17-18-19-20-21-22-23-24-25-26-27-28-29-30-31-32-33-34-35-36-37-38-40-42-44-46-48-50-52-56(60)57-54(53-58)55(59)51-49-47-45-43-41-39-16-14-12-10-8-6-4-2/h41,43,49,51,54-55,58-59H,3-40,42,44-48,50,52-53H2,1-2H3,(H,57,60)/b43-41+,51-49+. The Labute approximate surface area is 377 Å². The van der Waals surface area contributed by atoms with Crippen LogP contribution in [0.15, 0.2) is 24.3 Å². The van der Waals surface area contributed by atoms with E-state index in [-0.39, 0.29) is 12.5 Å². The molecule has 0 saturated heterocycles. The predicted octanol–water partition coefficient (Wildman–Crippen LogP) is 17.9. The van der Waals surface area contributed by atoms with Crippen LogP contribution in [0.3, 0.4) is 0 Å². The van der Waals surface area contributed by atoms with Gasteiger partial charge in [-0.25, -0.2) is 0 Å². The normalized spacial score (nSPS) is 12.9. The molecule has 0 aliphatic heterocycles. The molecule has 0 heterocycles. The number of carbonyl (C=O) groups excluding carboxylic acids is 1. The number of nitrogens with one attached hydrogen (secondary N) is 1. The van der Waals surface area contributed by atoms with Crippen molar-refractivity contribution in [3.05, 3.63) is 24.3 Å². The third kappa shape index (κ3) is 47.9. The number of amides is 1. The Morgan fingerprint density at radius 3 is 0.967 bits per heavy atom. The fourth-order valence-corrected chi connectivity index (χ4v) is 8.73. The lowest BCUT2D eigenvalue weighted by atomic mass is 10.0. The summed E-state index contributed by atoms with van der Waals surface area (Å²) in [6.07, 6.45) is 69.3. The third-order valence-electron chi connectivity index (χ3n) is 12.9. The van der Waals surface area contributed by atoms with Gasteiger partial charge in [0.2, 0.25) is 5.91 Å². The zero-order valence-corrected chi connectivity index (χ0v) is 41.0. The Bertz CT molecular complexity index is 871. The summed E-state index contributed by atoms with van der Waals surface area (Å²) in [4.78, 5) is 12.4. The highest BCUT2D eigenvalue weighted by Crippen LogP contribution is 2.18. The molecule has 0 aliphatic rings. The number of unbranched alkanes of at least 4 members (excludes halogenated alkanes) is 42. The van der Waals surface area contributed by atoms with E-state index in [1.54, 1.807) is 6.08 Å². The van der Waals surface area contributed by atoms with Gasteiger partial charge < -0.3 is 15.5 Å². The van der Waals surface area contributed by atoms with Gasteiger partial charge in [0.15, 0.2) is 0 Å². The van der Waals surface area contributed by atoms with Crippen LogP contribution >= 0.6 is 0 Å². The second-order valence-corrected chi connectivity index (χ2v) is 19.0. The topological polar surface area (TPSA) is 69.6 Å². The molecule has 4 nitrogen and oxygen atoms in total. The SMILES string of the molecule is CCCCCCCCC/C=C/CC/C=C/C(O)C(CO)NC(=O)CCCCCCCCCCCCCCCCCCCCCCCCCCCCCCCCCCCCC. The molecule has 2 unspecified atom stereocenters. The number of aliphatic hydroxyl groups is 2. The molecule has 0 radical (unpaired) electrons. The zero-order valence-electron chi connectivity index (χ0n) is 41.0. The maximum atomic E-state index is 12.4. The van der Waals surface area contributed by atoms with Crippen molar-refractivity contribution < 1.29 is 15.0 Å². The molecule has 0 aromatic heterocycles. The number of carbonyl (C=O) groups is 1. The largest absolute Gasteiger partial charge is 0.394 e. The van der Waals surface area contributed by atoms with Crippen LogP contribution in [-0.4, -0.2) is 34.9 Å². The molecule has 356 valence electrons. The first-order valence-electron chi connectivity index (χ1n) is 27.6. The van der Waals surface area contributed by atoms with Gasteiger partial charge in [-0.2, -0.15) is 0 Å². The average molecular weight is 844 g/mol. The van der Waals surface area contributed by atoms with Crippen LogP contribution in [-0.2, 0) is 4.79 Å². The summed E-state index contributed by atoms with van der Waals surface area (Å²) in [5, 5.41) is 23.0. The Kier molecular flexibility index (Phi) is 51.2. The van der Waals surface area contributed by atoms with Crippen molar-refractivity contribution in [1.29, 1.82) is 0 Å². The van der Waals surface area contributed by atoms with E-state index in [0.29, 0.717) is 6.42 Å². The number of hydrogen-bond acceptors (Lipinski definition) is 3. The van der Waals surface area contributed by atoms with E-state index in [9.17, 15) is 15.0 Å². The molecule has 1 amide bonds. The second kappa shape index (κ2) is 52.2. The molecule has 0 spiro atoms. The van der Waals surface area contributed by atoms with Crippen molar-refractivity contribution in [2.45, 2.75) is 321 Å². The monoisotopic (exact) mass is 844 g/mol. The summed E-state index contributed by atoms with van der Waals surface area (Å²) in [5.74, 6) is -0.0687. The van der Waals surface area contributed by atoms with Crippen LogP contribution in [0, 0.1) is 0 Å². The maximum absolute atomic E-state index is 12.4. The first-order chi connectivity index (χ1) is 29.7. The lowest BCUT2D eigenvalue weighted by Gasteiger charge is -2.19. The molecular weight excluding hydrogens is 735 g/mol. The summed E-state index contributed by atoms with van der Waals surface area (Å²) in [6, 6.07) is -0.635. The maximum Gasteiger partial charge on any atom is 0.220 e. The number of hydrogen-bond donors (Lipinski definition) is 3. The number of allylic oxidation sites excluding steroid dienone is 3. The van der Waals surface area contributed by atoms with Crippen LogP contribution in [0.25, 0.3) is 0 Å². The molecule has 0 fully saturated rings. The molecule has 0 aromatic carbocycles. The molecule has 0 aliphatic carbocycles. The highest BCUT2D eigenvalue weighted by atomic mass is 16.3. The van der Waals surface area contributed by atoms with Crippen molar-refractivity contribution in [1.82, 2.24) is 5.32 Å². The molecule has 4 heteroatoms. The summed E-state index contributed by atoms with van der Waals surface area (Å²) in [5.41, 5.74) is 0. The van der Waals surface area contributed by atoms with Gasteiger partial charge in [-0.05, 0) is 32.1 Å². The van der Waals surface area contributed by atoms with E-state index in [4.69, 9.17) is 0 Å². The molecule has 0 rings (SSSR count). The molecule has 2 atom stereocenters. The van der Waals surface area contributed by atoms with Crippen molar-refractivity contribution in [2.75, 3.05) is 6.61 Å². The van der Waals surface area contributed by atoms with E-state index in [1.807, 2.05) is 6.08 Å². The molecule has 0 saturated carbocycles. The van der Waals surface area contributed by atoms with Gasteiger partial charge in [-0.1, -0.05) is 295 Å². The second-order valence-electron chi connectivity index (χ2n) is 19.0. The summed E-state index contributed by atoms with van der Waals surface area (Å²) in [7, 11) is 0. The van der Waals surface area contributed by atoms with Gasteiger partial charge in [0, 0.05) is 6.42 Å². The summed E-state index contributed by atoms with van der Waals surface area (Å²) >= 11 is 0. The lowest BCUT2D eigenvalue weighted by Crippen LogP contribution is -2.45. The minimum atomic E-state index is -0.858. The Morgan fingerprint density at radius 2 is 0.650 bits per heavy atom. The van der Waals surface area contributed by atoms with Crippen LogP contribution < -0.4 is 5.32 Å². The van der Waals surface area contributed by atoms with E-state index in [2.05, 4.69) is 31.3 Å². The minimum Gasteiger partial charge on any atom is -0.394 e. The van der Waals surface area contributed by atoms with Gasteiger partial charge in [0.05, 0.1) is 18.8 Å². The highest BCUT2D eigenvalue weighted by molar-refractivity contribution is 5.76. The summed E-state index contributed by atoms with van der Waals surface area (Å²) < 4.78 is 0. The van der Waals surface area contributed by atoms with E-state index in [1.165, 1.54) is 257 Å². The number of rotatable bonds is 51. The van der Waals surface area contributed by atoms with Crippen LogP contribution in [0.2, 0.25) is 0 Å². The van der Waals surface area contributed by atoms with Gasteiger partial charge in [-0.3, -0.25) is 4.79 Å². The molecular formula is C56H109NO3. The average Bonchev–Trinajstić information content (AvgIpc) is 3.25. The van der Waals surface area contributed by atoms with E-state index >= 15 is 0 Å². The molecule has 0 aromatic rings. The smallest absolute Gasteiger partial charge is 0.220 e. The Hall–Kier alpha value is -1.13. The first-order valence-corrected chi connectivity index (χ1v) is 27.6. The minimum absolute atomic E-state index is 0.0687. The first kappa shape index (κ1) is 58.9. The fourth-order valence-electron chi connectivity index (χ4n) is 8.73. The predicted molar refractivity (Wildman–Crippen MR) is 267 cm³/mol. The van der Waals surface area contributed by atoms with Crippen molar-refractivity contribution in [3.8, 4) is 0 Å². The van der Waals surface area contributed by atoms with Crippen molar-refractivity contribution in [2.24, 2.45) is 0 Å². The van der Waals surface area contributed by atoms with Crippen LogP contribution in [0.4, 0.5) is 0 Å². The zero-order chi connectivity index (χ0) is 43.5. The summed E-state index contributed by atoms with van der Waals surface area (Å²) in [6.45, 7) is 4.31. The highest BCUT2D eigenvalue weighted by Gasteiger charge is 2.18. The fraction of sp³-hybridized carbons (Fsp3) is 0.911. The molecule has 60 heavy (non-hydrogen) atoms. The third-order valence-corrected chi connectivity index (χ3v) is 12.9. The Morgan fingerprint density at radius 1 is 0.383 bits per heavy atom. The van der Waals surface area contributed by atoms with Crippen molar-refractivity contribution >= 4 is 5.91 Å². The molecule has 0 bridgehead atoms. The van der Waals surface area contributed by atoms with Gasteiger partial charge in [0.1, 0.15) is 0 Å². The van der Waals surface area contributed by atoms with Gasteiger partial charge in [0.25, 0.3) is 0 Å². The van der Waals surface area contributed by atoms with Crippen LogP contribution in [0.5, 0.6) is 0 Å². The van der Waals surface area contributed by atoms with E-state index in [0.717, 1.165) is 32.1 Å². The number of aliphatic hydroxyl groups excluding tert-OH is 2. The Balaban J connectivity index is 3.38. The van der Waals surface area contributed by atoms with Gasteiger partial charge >= 0.3 is 0 Å². The quantitative estimate of drug-likeness (QED) is 0.0422.